The predicted molar refractivity (Wildman–Crippen MR) is 80.1 cm³/mol. The molecule has 1 N–H and O–H groups in total. The topological polar surface area (TPSA) is 24.5 Å². The van der Waals surface area contributed by atoms with Crippen molar-refractivity contribution in [3.8, 4) is 5.75 Å². The normalized spacial score (nSPS) is 18.2. The Labute approximate surface area is 133 Å². The molecule has 1 heterocycles. The Bertz CT molecular complexity index is 493. The number of hydrogen-bond acceptors (Lipinski definition) is 3. The molecule has 1 fully saturated rings. The van der Waals surface area contributed by atoms with Gasteiger partial charge in [-0.05, 0) is 24.1 Å². The monoisotopic (exact) mass is 334 g/mol. The van der Waals surface area contributed by atoms with Crippen LogP contribution in [0.25, 0.3) is 0 Å². The number of piperazine rings is 1. The Morgan fingerprint density at radius 2 is 1.96 bits per heavy atom. The zero-order valence-corrected chi connectivity index (χ0v) is 13.1. The number of ether oxygens (including phenoxy) is 1. The largest absolute Gasteiger partial charge is 0.461 e. The van der Waals surface area contributed by atoms with E-state index in [0.717, 1.165) is 44.6 Å². The van der Waals surface area contributed by atoms with Crippen LogP contribution in [0.2, 0.25) is 0 Å². The lowest BCUT2D eigenvalue weighted by Gasteiger charge is -2.35. The SMILES string of the molecule is CCC[C@@H](c1cccc(OC(F)(F)C(F)F)c1)N1CCNCC1. The quantitative estimate of drug-likeness (QED) is 0.770. The second-order valence-corrected chi connectivity index (χ2v) is 5.63. The molecule has 1 saturated heterocycles. The molecule has 7 heteroatoms. The summed E-state index contributed by atoms with van der Waals surface area (Å²) in [6.45, 7) is 5.53. The Morgan fingerprint density at radius 3 is 2.57 bits per heavy atom. The zero-order chi connectivity index (χ0) is 16.9. The summed E-state index contributed by atoms with van der Waals surface area (Å²) in [6, 6.07) is 6.19. The molecule has 1 atom stereocenters. The Kier molecular flexibility index (Phi) is 6.24. The maximum atomic E-state index is 13.1. The molecule has 0 bridgehead atoms. The van der Waals surface area contributed by atoms with Crippen LogP contribution in [0.4, 0.5) is 17.6 Å². The molecule has 1 aromatic rings. The molecule has 130 valence electrons. The van der Waals surface area contributed by atoms with Crippen LogP contribution in [0.1, 0.15) is 31.4 Å². The first-order chi connectivity index (χ1) is 10.9. The van der Waals surface area contributed by atoms with Crippen LogP contribution >= 0.6 is 0 Å². The fourth-order valence-electron chi connectivity index (χ4n) is 2.81. The van der Waals surface area contributed by atoms with Crippen molar-refractivity contribution in [3.63, 3.8) is 0 Å². The Hall–Kier alpha value is -1.34. The molecule has 0 aliphatic carbocycles. The van der Waals surface area contributed by atoms with E-state index >= 15 is 0 Å². The summed E-state index contributed by atoms with van der Waals surface area (Å²) in [5.41, 5.74) is 0.816. The Balaban J connectivity index is 2.18. The zero-order valence-electron chi connectivity index (χ0n) is 13.1. The smallest absolute Gasteiger partial charge is 0.428 e. The fourth-order valence-corrected chi connectivity index (χ4v) is 2.81. The van der Waals surface area contributed by atoms with E-state index in [1.165, 1.54) is 12.1 Å². The van der Waals surface area contributed by atoms with Gasteiger partial charge >= 0.3 is 12.5 Å². The van der Waals surface area contributed by atoms with Crippen LogP contribution in [0.5, 0.6) is 5.75 Å². The van der Waals surface area contributed by atoms with Crippen molar-refractivity contribution in [1.82, 2.24) is 10.2 Å². The Morgan fingerprint density at radius 1 is 1.26 bits per heavy atom. The minimum atomic E-state index is -4.48. The highest BCUT2D eigenvalue weighted by Crippen LogP contribution is 2.32. The van der Waals surface area contributed by atoms with Gasteiger partial charge in [0.05, 0.1) is 0 Å². The molecule has 1 aliphatic rings. The van der Waals surface area contributed by atoms with E-state index in [9.17, 15) is 17.6 Å². The predicted octanol–water partition coefficient (Wildman–Crippen LogP) is 3.67. The van der Waals surface area contributed by atoms with Crippen molar-refractivity contribution in [2.75, 3.05) is 26.2 Å². The van der Waals surface area contributed by atoms with Crippen LogP contribution in [0, 0.1) is 0 Å². The second-order valence-electron chi connectivity index (χ2n) is 5.63. The third kappa shape index (κ3) is 4.81. The summed E-state index contributed by atoms with van der Waals surface area (Å²) in [7, 11) is 0. The van der Waals surface area contributed by atoms with E-state index in [4.69, 9.17) is 0 Å². The van der Waals surface area contributed by atoms with Gasteiger partial charge in [-0.2, -0.15) is 17.6 Å². The van der Waals surface area contributed by atoms with Gasteiger partial charge in [0.15, 0.2) is 0 Å². The molecule has 0 spiro atoms. The van der Waals surface area contributed by atoms with Gasteiger partial charge in [0.2, 0.25) is 0 Å². The molecule has 1 aromatic carbocycles. The molecule has 2 rings (SSSR count). The number of benzene rings is 1. The average molecular weight is 334 g/mol. The summed E-state index contributed by atoms with van der Waals surface area (Å²) in [5.74, 6) is -0.232. The lowest BCUT2D eigenvalue weighted by molar-refractivity contribution is -0.253. The van der Waals surface area contributed by atoms with Gasteiger partial charge in [0.1, 0.15) is 5.75 Å². The van der Waals surface area contributed by atoms with Crippen molar-refractivity contribution in [2.24, 2.45) is 0 Å². The number of rotatable bonds is 7. The molecule has 0 aromatic heterocycles. The summed E-state index contributed by atoms with van der Waals surface area (Å²) < 4.78 is 54.9. The molecular formula is C16H22F4N2O. The van der Waals surface area contributed by atoms with Crippen LogP contribution < -0.4 is 10.1 Å². The number of halogens is 4. The van der Waals surface area contributed by atoms with Crippen molar-refractivity contribution < 1.29 is 22.3 Å². The van der Waals surface area contributed by atoms with Gasteiger partial charge in [-0.25, -0.2) is 0 Å². The summed E-state index contributed by atoms with van der Waals surface area (Å²) >= 11 is 0. The second kappa shape index (κ2) is 7.97. The number of nitrogens with one attached hydrogen (secondary N) is 1. The van der Waals surface area contributed by atoms with E-state index in [1.54, 1.807) is 6.07 Å². The van der Waals surface area contributed by atoms with Crippen LogP contribution in [-0.4, -0.2) is 43.6 Å². The number of hydrogen-bond donors (Lipinski definition) is 1. The lowest BCUT2D eigenvalue weighted by Crippen LogP contribution is -2.45. The van der Waals surface area contributed by atoms with Crippen LogP contribution in [0.15, 0.2) is 24.3 Å². The minimum absolute atomic E-state index is 0.0748. The van der Waals surface area contributed by atoms with Gasteiger partial charge in [-0.15, -0.1) is 0 Å². The van der Waals surface area contributed by atoms with Crippen LogP contribution in [0.3, 0.4) is 0 Å². The number of alkyl halides is 4. The van der Waals surface area contributed by atoms with E-state index < -0.39 is 12.5 Å². The molecule has 3 nitrogen and oxygen atoms in total. The highest BCUT2D eigenvalue weighted by atomic mass is 19.3. The van der Waals surface area contributed by atoms with Crippen molar-refractivity contribution >= 4 is 0 Å². The third-order valence-corrected chi connectivity index (χ3v) is 3.91. The number of nitrogens with zero attached hydrogens (tertiary/aromatic N) is 1. The van der Waals surface area contributed by atoms with Gasteiger partial charge in [-0.3, -0.25) is 4.90 Å². The van der Waals surface area contributed by atoms with Gasteiger partial charge in [0, 0.05) is 32.2 Å². The summed E-state index contributed by atoms with van der Waals surface area (Å²) in [5, 5.41) is 3.27. The molecule has 23 heavy (non-hydrogen) atoms. The summed E-state index contributed by atoms with van der Waals surface area (Å²) in [4.78, 5) is 2.28. The third-order valence-electron chi connectivity index (χ3n) is 3.91. The van der Waals surface area contributed by atoms with Gasteiger partial charge in [-0.1, -0.05) is 25.5 Å². The molecule has 0 amide bonds. The van der Waals surface area contributed by atoms with Crippen LogP contribution in [-0.2, 0) is 0 Å². The van der Waals surface area contributed by atoms with Crippen molar-refractivity contribution in [1.29, 1.82) is 0 Å². The highest BCUT2D eigenvalue weighted by molar-refractivity contribution is 5.31. The maximum Gasteiger partial charge on any atom is 0.461 e. The fraction of sp³-hybridized carbons (Fsp3) is 0.625. The van der Waals surface area contributed by atoms with E-state index in [0.29, 0.717) is 0 Å². The summed E-state index contributed by atoms with van der Waals surface area (Å²) in [6.07, 6.45) is -6.53. The minimum Gasteiger partial charge on any atom is -0.428 e. The van der Waals surface area contributed by atoms with Crippen molar-refractivity contribution in [2.45, 2.75) is 38.3 Å². The molecule has 1 aliphatic heterocycles. The first kappa shape index (κ1) is 18.0. The van der Waals surface area contributed by atoms with Crippen molar-refractivity contribution in [3.05, 3.63) is 29.8 Å². The lowest BCUT2D eigenvalue weighted by atomic mass is 9.99. The molecular weight excluding hydrogens is 312 g/mol. The maximum absolute atomic E-state index is 13.1. The first-order valence-electron chi connectivity index (χ1n) is 7.83. The van der Waals surface area contributed by atoms with Gasteiger partial charge < -0.3 is 10.1 Å². The molecule has 0 radical (unpaired) electrons. The molecule has 0 saturated carbocycles. The van der Waals surface area contributed by atoms with E-state index in [-0.39, 0.29) is 11.8 Å². The standard InChI is InChI=1S/C16H22F4N2O/c1-2-4-14(22-9-7-21-8-10-22)12-5-3-6-13(11-12)23-16(19,20)15(17)18/h3,5-6,11,14-15,21H,2,4,7-10H2,1H3/t14-/m0/s1. The van der Waals surface area contributed by atoms with E-state index in [1.807, 2.05) is 6.07 Å². The first-order valence-corrected chi connectivity index (χ1v) is 7.83. The molecule has 0 unspecified atom stereocenters. The highest BCUT2D eigenvalue weighted by Gasteiger charge is 2.44. The average Bonchev–Trinajstić information content (AvgIpc) is 2.53. The van der Waals surface area contributed by atoms with E-state index in [2.05, 4.69) is 21.9 Å². The van der Waals surface area contributed by atoms with Gasteiger partial charge in [0.25, 0.3) is 0 Å².